The van der Waals surface area contributed by atoms with E-state index in [1.165, 1.54) is 35.0 Å². The molecule has 0 spiro atoms. The molecule has 0 aliphatic carbocycles. The molecule has 1 aromatic heterocycles. The molecule has 1 heterocycles. The van der Waals surface area contributed by atoms with Gasteiger partial charge in [-0.05, 0) is 33.6 Å². The maximum Gasteiger partial charge on any atom is 0.185 e. The van der Waals surface area contributed by atoms with Crippen LogP contribution in [-0.2, 0) is 13.0 Å². The normalized spacial score (nSPS) is 11.9. The highest BCUT2D eigenvalue weighted by Crippen LogP contribution is 2.26. The summed E-state index contributed by atoms with van der Waals surface area (Å²) >= 11 is 1.84. The van der Waals surface area contributed by atoms with Crippen molar-refractivity contribution in [3.8, 4) is 0 Å². The third-order valence-corrected chi connectivity index (χ3v) is 4.52. The molecule has 116 valence electrons. The molecule has 0 aliphatic rings. The van der Waals surface area contributed by atoms with Crippen molar-refractivity contribution in [2.45, 2.75) is 72.4 Å². The van der Waals surface area contributed by atoms with Crippen molar-refractivity contribution in [3.63, 3.8) is 0 Å². The predicted octanol–water partition coefficient (Wildman–Crippen LogP) is 4.22. The Labute approximate surface area is 128 Å². The summed E-state index contributed by atoms with van der Waals surface area (Å²) in [7, 11) is 2.16. The molecule has 0 bridgehead atoms. The predicted molar refractivity (Wildman–Crippen MR) is 90.9 cm³/mol. The Morgan fingerprint density at radius 2 is 1.90 bits per heavy atom. The van der Waals surface area contributed by atoms with Gasteiger partial charge in [-0.3, -0.25) is 0 Å². The van der Waals surface area contributed by atoms with Crippen LogP contribution in [0.2, 0.25) is 0 Å². The van der Waals surface area contributed by atoms with E-state index in [0.717, 1.165) is 19.5 Å². The van der Waals surface area contributed by atoms with Crippen LogP contribution in [0.1, 0.15) is 64.5 Å². The average Bonchev–Trinajstić information content (AvgIpc) is 2.79. The minimum absolute atomic E-state index is 0.155. The van der Waals surface area contributed by atoms with Crippen molar-refractivity contribution in [1.82, 2.24) is 10.3 Å². The molecule has 3 nitrogen and oxygen atoms in total. The van der Waals surface area contributed by atoms with E-state index in [2.05, 4.69) is 51.9 Å². The monoisotopic (exact) mass is 297 g/mol. The quantitative estimate of drug-likeness (QED) is 0.728. The third kappa shape index (κ3) is 5.80. The van der Waals surface area contributed by atoms with Gasteiger partial charge in [0.05, 0.1) is 5.69 Å². The highest BCUT2D eigenvalue weighted by molar-refractivity contribution is 7.15. The molecule has 0 fully saturated rings. The number of hydrogen-bond donors (Lipinski definition) is 1. The summed E-state index contributed by atoms with van der Waals surface area (Å²) < 4.78 is 0. The smallest absolute Gasteiger partial charge is 0.185 e. The molecule has 1 rings (SSSR count). The molecule has 0 amide bonds. The van der Waals surface area contributed by atoms with Gasteiger partial charge in [0.1, 0.15) is 0 Å². The minimum Gasteiger partial charge on any atom is -0.351 e. The molecular weight excluding hydrogens is 266 g/mol. The highest BCUT2D eigenvalue weighted by Gasteiger charge is 2.15. The standard InChI is InChI=1S/C16H31N3S/c1-7-9-10-11-19(6)15-18-13(8-2)14(20-15)12-17-16(3,4)5/h17H,7-12H2,1-6H3. The number of unbranched alkanes of at least 4 members (excludes halogenated alkanes) is 2. The summed E-state index contributed by atoms with van der Waals surface area (Å²) in [5.74, 6) is 0. The van der Waals surface area contributed by atoms with E-state index in [1.807, 2.05) is 11.3 Å². The van der Waals surface area contributed by atoms with Gasteiger partial charge in [-0.25, -0.2) is 4.98 Å². The summed E-state index contributed by atoms with van der Waals surface area (Å²) in [6.45, 7) is 13.1. The van der Waals surface area contributed by atoms with Gasteiger partial charge in [-0.1, -0.05) is 26.7 Å². The molecule has 0 aromatic carbocycles. The lowest BCUT2D eigenvalue weighted by Crippen LogP contribution is -2.35. The second-order valence-electron chi connectivity index (χ2n) is 6.45. The van der Waals surface area contributed by atoms with Crippen LogP contribution in [0.15, 0.2) is 0 Å². The zero-order chi connectivity index (χ0) is 15.2. The Morgan fingerprint density at radius 3 is 2.45 bits per heavy atom. The van der Waals surface area contributed by atoms with E-state index < -0.39 is 0 Å². The summed E-state index contributed by atoms with van der Waals surface area (Å²) in [5.41, 5.74) is 1.41. The van der Waals surface area contributed by atoms with Crippen LogP contribution in [0.4, 0.5) is 5.13 Å². The van der Waals surface area contributed by atoms with Crippen LogP contribution >= 0.6 is 11.3 Å². The summed E-state index contributed by atoms with van der Waals surface area (Å²) in [6, 6.07) is 0. The maximum atomic E-state index is 4.81. The van der Waals surface area contributed by atoms with Crippen molar-refractivity contribution in [3.05, 3.63) is 10.6 Å². The van der Waals surface area contributed by atoms with Gasteiger partial charge in [-0.2, -0.15) is 0 Å². The number of rotatable bonds is 8. The number of hydrogen-bond acceptors (Lipinski definition) is 4. The van der Waals surface area contributed by atoms with Crippen molar-refractivity contribution >= 4 is 16.5 Å². The number of thiazole rings is 1. The average molecular weight is 298 g/mol. The van der Waals surface area contributed by atoms with Crippen LogP contribution < -0.4 is 10.2 Å². The van der Waals surface area contributed by atoms with E-state index >= 15 is 0 Å². The topological polar surface area (TPSA) is 28.2 Å². The second kappa shape index (κ2) is 7.99. The number of aromatic nitrogens is 1. The molecule has 0 unspecified atom stereocenters. The summed E-state index contributed by atoms with van der Waals surface area (Å²) in [5, 5.41) is 4.74. The van der Waals surface area contributed by atoms with Crippen molar-refractivity contribution in [2.75, 3.05) is 18.5 Å². The Bertz CT molecular complexity index is 393. The van der Waals surface area contributed by atoms with Gasteiger partial charge >= 0.3 is 0 Å². The molecule has 0 atom stereocenters. The van der Waals surface area contributed by atoms with Crippen molar-refractivity contribution in [1.29, 1.82) is 0 Å². The van der Waals surface area contributed by atoms with Gasteiger partial charge in [-0.15, -0.1) is 11.3 Å². The molecule has 1 N–H and O–H groups in total. The SMILES string of the molecule is CCCCCN(C)c1nc(CC)c(CNC(C)(C)C)s1. The van der Waals surface area contributed by atoms with Gasteiger partial charge in [0.2, 0.25) is 0 Å². The molecule has 4 heteroatoms. The Hall–Kier alpha value is -0.610. The van der Waals surface area contributed by atoms with Gasteiger partial charge in [0, 0.05) is 30.6 Å². The zero-order valence-corrected chi connectivity index (χ0v) is 14.9. The van der Waals surface area contributed by atoms with Crippen molar-refractivity contribution in [2.24, 2.45) is 0 Å². The van der Waals surface area contributed by atoms with Crippen molar-refractivity contribution < 1.29 is 0 Å². The van der Waals surface area contributed by atoms with E-state index in [1.54, 1.807) is 0 Å². The number of anilines is 1. The van der Waals surface area contributed by atoms with E-state index in [-0.39, 0.29) is 5.54 Å². The van der Waals surface area contributed by atoms with E-state index in [0.29, 0.717) is 0 Å². The molecule has 20 heavy (non-hydrogen) atoms. The first-order chi connectivity index (χ1) is 9.37. The van der Waals surface area contributed by atoms with Gasteiger partial charge < -0.3 is 10.2 Å². The third-order valence-electron chi connectivity index (χ3n) is 3.30. The van der Waals surface area contributed by atoms with Gasteiger partial charge in [0.25, 0.3) is 0 Å². The second-order valence-corrected chi connectivity index (χ2v) is 7.51. The Balaban J connectivity index is 2.67. The van der Waals surface area contributed by atoms with Crippen LogP contribution in [0.25, 0.3) is 0 Å². The molecule has 0 radical (unpaired) electrons. The molecule has 0 saturated heterocycles. The zero-order valence-electron chi connectivity index (χ0n) is 14.0. The molecule has 0 saturated carbocycles. The van der Waals surface area contributed by atoms with E-state index in [4.69, 9.17) is 4.98 Å². The minimum atomic E-state index is 0.155. The highest BCUT2D eigenvalue weighted by atomic mass is 32.1. The number of nitrogens with zero attached hydrogens (tertiary/aromatic N) is 2. The first kappa shape index (κ1) is 17.4. The lowest BCUT2D eigenvalue weighted by molar-refractivity contribution is 0.425. The lowest BCUT2D eigenvalue weighted by atomic mass is 10.1. The summed E-state index contributed by atoms with van der Waals surface area (Å²) in [4.78, 5) is 8.51. The van der Waals surface area contributed by atoms with Crippen LogP contribution in [0.3, 0.4) is 0 Å². The molecule has 1 aromatic rings. The Kier molecular flexibility index (Phi) is 6.96. The largest absolute Gasteiger partial charge is 0.351 e. The Morgan fingerprint density at radius 1 is 1.20 bits per heavy atom. The maximum absolute atomic E-state index is 4.81. The summed E-state index contributed by atoms with van der Waals surface area (Å²) in [6.07, 6.45) is 4.84. The van der Waals surface area contributed by atoms with Gasteiger partial charge in [0.15, 0.2) is 5.13 Å². The fourth-order valence-corrected chi connectivity index (χ4v) is 3.06. The number of nitrogens with one attached hydrogen (secondary N) is 1. The molecule has 0 aliphatic heterocycles. The molecular formula is C16H31N3S. The lowest BCUT2D eigenvalue weighted by Gasteiger charge is -2.20. The van der Waals surface area contributed by atoms with E-state index in [9.17, 15) is 0 Å². The first-order valence-corrected chi connectivity index (χ1v) is 8.63. The fourth-order valence-electron chi connectivity index (χ4n) is 1.99. The fraction of sp³-hybridized carbons (Fsp3) is 0.812. The number of aryl methyl sites for hydroxylation is 1. The van der Waals surface area contributed by atoms with Crippen LogP contribution in [0.5, 0.6) is 0 Å². The first-order valence-electron chi connectivity index (χ1n) is 7.82. The van der Waals surface area contributed by atoms with Crippen LogP contribution in [0, 0.1) is 0 Å². The van der Waals surface area contributed by atoms with Crippen LogP contribution in [-0.4, -0.2) is 24.1 Å².